The third kappa shape index (κ3) is 1.00. The molecule has 2 nitrogen and oxygen atoms in total. The SMILES string of the molecule is CCN1[C@H]2CC[C@H](C2)[C@@H]1CO. The van der Waals surface area contributed by atoms with Gasteiger partial charge in [-0.05, 0) is 31.7 Å². The van der Waals surface area contributed by atoms with Gasteiger partial charge in [0.15, 0.2) is 0 Å². The smallest absolute Gasteiger partial charge is 0.0589 e. The average Bonchev–Trinajstić information content (AvgIpc) is 2.60. The number of hydrogen-bond acceptors (Lipinski definition) is 2. The number of rotatable bonds is 2. The Bertz CT molecular complexity index is 132. The summed E-state index contributed by atoms with van der Waals surface area (Å²) in [7, 11) is 0. The van der Waals surface area contributed by atoms with Gasteiger partial charge in [-0.15, -0.1) is 0 Å². The summed E-state index contributed by atoms with van der Waals surface area (Å²) in [6.07, 6.45) is 4.07. The highest BCUT2D eigenvalue weighted by molar-refractivity contribution is 4.98. The van der Waals surface area contributed by atoms with E-state index >= 15 is 0 Å². The molecule has 0 aromatic rings. The largest absolute Gasteiger partial charge is 0.395 e. The van der Waals surface area contributed by atoms with Crippen LogP contribution in [0.5, 0.6) is 0 Å². The molecule has 1 aliphatic heterocycles. The predicted molar refractivity (Wildman–Crippen MR) is 44.4 cm³/mol. The van der Waals surface area contributed by atoms with Crippen molar-refractivity contribution in [3.05, 3.63) is 0 Å². The summed E-state index contributed by atoms with van der Waals surface area (Å²) >= 11 is 0. The highest BCUT2D eigenvalue weighted by Crippen LogP contribution is 2.41. The Morgan fingerprint density at radius 1 is 1.45 bits per heavy atom. The van der Waals surface area contributed by atoms with E-state index in [2.05, 4.69) is 11.8 Å². The summed E-state index contributed by atoms with van der Waals surface area (Å²) in [6.45, 7) is 3.69. The lowest BCUT2D eigenvalue weighted by Crippen LogP contribution is -2.42. The lowest BCUT2D eigenvalue weighted by Gasteiger charge is -2.32. The van der Waals surface area contributed by atoms with Crippen LogP contribution in [0.3, 0.4) is 0 Å². The van der Waals surface area contributed by atoms with Crippen LogP contribution in [-0.4, -0.2) is 35.2 Å². The maximum atomic E-state index is 9.15. The Kier molecular flexibility index (Phi) is 1.90. The first-order valence-electron chi connectivity index (χ1n) is 4.73. The third-order valence-electron chi connectivity index (χ3n) is 3.44. The number of piperidine rings is 1. The topological polar surface area (TPSA) is 23.5 Å². The van der Waals surface area contributed by atoms with Crippen LogP contribution in [0.4, 0.5) is 0 Å². The Hall–Kier alpha value is -0.0800. The van der Waals surface area contributed by atoms with E-state index in [-0.39, 0.29) is 0 Å². The van der Waals surface area contributed by atoms with Crippen LogP contribution in [0.15, 0.2) is 0 Å². The number of aliphatic hydroxyl groups excluding tert-OH is 1. The first-order valence-corrected chi connectivity index (χ1v) is 4.73. The molecule has 11 heavy (non-hydrogen) atoms. The number of aliphatic hydroxyl groups is 1. The fourth-order valence-electron chi connectivity index (χ4n) is 2.93. The van der Waals surface area contributed by atoms with E-state index < -0.39 is 0 Å². The highest BCUT2D eigenvalue weighted by Gasteiger charge is 2.44. The molecule has 0 radical (unpaired) electrons. The van der Waals surface area contributed by atoms with Crippen molar-refractivity contribution in [3.8, 4) is 0 Å². The van der Waals surface area contributed by atoms with Crippen molar-refractivity contribution in [2.24, 2.45) is 5.92 Å². The minimum Gasteiger partial charge on any atom is -0.395 e. The summed E-state index contributed by atoms with van der Waals surface area (Å²) in [5.41, 5.74) is 0. The molecule has 0 spiro atoms. The van der Waals surface area contributed by atoms with E-state index in [1.807, 2.05) is 0 Å². The molecule has 3 atom stereocenters. The van der Waals surface area contributed by atoms with E-state index in [4.69, 9.17) is 5.11 Å². The fourth-order valence-corrected chi connectivity index (χ4v) is 2.93. The molecule has 1 aliphatic carbocycles. The van der Waals surface area contributed by atoms with Gasteiger partial charge in [0.25, 0.3) is 0 Å². The molecule has 0 aromatic heterocycles. The molecule has 2 bridgehead atoms. The summed E-state index contributed by atoms with van der Waals surface area (Å²) in [5.74, 6) is 0.810. The molecule has 0 aromatic carbocycles. The Balaban J connectivity index is 2.08. The van der Waals surface area contributed by atoms with Gasteiger partial charge < -0.3 is 5.11 Å². The van der Waals surface area contributed by atoms with Crippen molar-refractivity contribution in [3.63, 3.8) is 0 Å². The van der Waals surface area contributed by atoms with Crippen molar-refractivity contribution in [1.82, 2.24) is 4.90 Å². The van der Waals surface area contributed by atoms with Crippen molar-refractivity contribution in [2.75, 3.05) is 13.2 Å². The minimum atomic E-state index is 0.370. The van der Waals surface area contributed by atoms with Crippen molar-refractivity contribution in [1.29, 1.82) is 0 Å². The summed E-state index contributed by atoms with van der Waals surface area (Å²) in [4.78, 5) is 2.48. The van der Waals surface area contributed by atoms with Crippen LogP contribution in [-0.2, 0) is 0 Å². The molecule has 2 heteroatoms. The zero-order valence-corrected chi connectivity index (χ0v) is 7.16. The van der Waals surface area contributed by atoms with Crippen LogP contribution < -0.4 is 0 Å². The maximum absolute atomic E-state index is 9.15. The lowest BCUT2D eigenvalue weighted by atomic mass is 10.00. The first-order chi connectivity index (χ1) is 5.36. The van der Waals surface area contributed by atoms with E-state index in [9.17, 15) is 0 Å². The average molecular weight is 155 g/mol. The molecule has 2 fully saturated rings. The minimum absolute atomic E-state index is 0.370. The van der Waals surface area contributed by atoms with E-state index in [1.54, 1.807) is 0 Å². The lowest BCUT2D eigenvalue weighted by molar-refractivity contribution is 0.0892. The van der Waals surface area contributed by atoms with Gasteiger partial charge in [0.05, 0.1) is 6.61 Å². The molecule has 0 amide bonds. The summed E-state index contributed by atoms with van der Waals surface area (Å²) < 4.78 is 0. The van der Waals surface area contributed by atoms with Crippen LogP contribution >= 0.6 is 0 Å². The third-order valence-corrected chi connectivity index (χ3v) is 3.44. The number of nitrogens with zero attached hydrogens (tertiary/aromatic N) is 1. The van der Waals surface area contributed by atoms with Crippen molar-refractivity contribution >= 4 is 0 Å². The van der Waals surface area contributed by atoms with Gasteiger partial charge in [-0.3, -0.25) is 4.90 Å². The van der Waals surface area contributed by atoms with Crippen LogP contribution in [0.1, 0.15) is 26.2 Å². The molecule has 1 saturated carbocycles. The van der Waals surface area contributed by atoms with Crippen molar-refractivity contribution < 1.29 is 5.11 Å². The molecule has 2 aliphatic rings. The second-order valence-electron chi connectivity index (χ2n) is 3.81. The van der Waals surface area contributed by atoms with E-state index in [0.717, 1.165) is 18.5 Å². The number of hydrogen-bond donors (Lipinski definition) is 1. The molecule has 1 heterocycles. The standard InChI is InChI=1S/C9H17NO/c1-2-10-8-4-3-7(5-8)9(10)6-11/h7-9,11H,2-6H2,1H3/t7-,8+,9+/m1/s1. The summed E-state index contributed by atoms with van der Waals surface area (Å²) in [5, 5.41) is 9.15. The monoisotopic (exact) mass is 155 g/mol. The molecule has 1 saturated heterocycles. The predicted octanol–water partition coefficient (Wildman–Crippen LogP) is 0.852. The van der Waals surface area contributed by atoms with Crippen molar-refractivity contribution in [2.45, 2.75) is 38.3 Å². The Morgan fingerprint density at radius 2 is 2.27 bits per heavy atom. The van der Waals surface area contributed by atoms with Crippen LogP contribution in [0, 0.1) is 5.92 Å². The zero-order chi connectivity index (χ0) is 7.84. The number of likely N-dealkylation sites (tertiary alicyclic amines) is 1. The molecular weight excluding hydrogens is 138 g/mol. The van der Waals surface area contributed by atoms with Gasteiger partial charge in [-0.25, -0.2) is 0 Å². The molecule has 1 N–H and O–H groups in total. The van der Waals surface area contributed by atoms with Gasteiger partial charge in [0.2, 0.25) is 0 Å². The molecule has 64 valence electrons. The Labute approximate surface area is 68.2 Å². The molecular formula is C9H17NO. The number of likely N-dealkylation sites (N-methyl/N-ethyl adjacent to an activating group) is 1. The normalized spacial score (nSPS) is 43.6. The fraction of sp³-hybridized carbons (Fsp3) is 1.00. The first kappa shape index (κ1) is 7.56. The van der Waals surface area contributed by atoms with Gasteiger partial charge in [-0.2, -0.15) is 0 Å². The highest BCUT2D eigenvalue weighted by atomic mass is 16.3. The molecule has 0 unspecified atom stereocenters. The van der Waals surface area contributed by atoms with Gasteiger partial charge in [0, 0.05) is 12.1 Å². The van der Waals surface area contributed by atoms with Gasteiger partial charge in [0.1, 0.15) is 0 Å². The quantitative estimate of drug-likeness (QED) is 0.639. The van der Waals surface area contributed by atoms with Gasteiger partial charge >= 0.3 is 0 Å². The van der Waals surface area contributed by atoms with E-state index in [0.29, 0.717) is 12.6 Å². The van der Waals surface area contributed by atoms with Crippen LogP contribution in [0.25, 0.3) is 0 Å². The number of fused-ring (bicyclic) bond motifs is 2. The molecule has 2 rings (SSSR count). The Morgan fingerprint density at radius 3 is 2.82 bits per heavy atom. The maximum Gasteiger partial charge on any atom is 0.0589 e. The van der Waals surface area contributed by atoms with Crippen LogP contribution in [0.2, 0.25) is 0 Å². The summed E-state index contributed by atoms with van der Waals surface area (Å²) in [6, 6.07) is 1.31. The second-order valence-corrected chi connectivity index (χ2v) is 3.81. The van der Waals surface area contributed by atoms with Gasteiger partial charge in [-0.1, -0.05) is 6.92 Å². The second kappa shape index (κ2) is 2.76. The zero-order valence-electron chi connectivity index (χ0n) is 7.16. The van der Waals surface area contributed by atoms with E-state index in [1.165, 1.54) is 19.3 Å².